The Bertz CT molecular complexity index is 716. The summed E-state index contributed by atoms with van der Waals surface area (Å²) in [5, 5.41) is 2.40. The third-order valence-electron chi connectivity index (χ3n) is 3.85. The first kappa shape index (κ1) is 20.7. The molecule has 0 spiro atoms. The molecule has 1 amide bonds. The highest BCUT2D eigenvalue weighted by atomic mass is 32.2. The number of nitrogens with one attached hydrogen (secondary N) is 1. The molecule has 146 valence electrons. The average Bonchev–Trinajstić information content (AvgIpc) is 2.61. The van der Waals surface area contributed by atoms with E-state index in [-0.39, 0.29) is 23.6 Å². The van der Waals surface area contributed by atoms with Gasteiger partial charge in [-0.25, -0.2) is 8.42 Å². The Kier molecular flexibility index (Phi) is 7.01. The van der Waals surface area contributed by atoms with Crippen LogP contribution in [0.2, 0.25) is 0 Å². The van der Waals surface area contributed by atoms with Crippen LogP contribution in [0.25, 0.3) is 0 Å². The molecule has 0 radical (unpaired) electrons. The van der Waals surface area contributed by atoms with Crippen LogP contribution >= 0.6 is 0 Å². The molecule has 2 rings (SSSR count). The van der Waals surface area contributed by atoms with Gasteiger partial charge in [-0.3, -0.25) is 4.79 Å². The zero-order chi connectivity index (χ0) is 19.2. The fourth-order valence-corrected chi connectivity index (χ4v) is 4.14. The number of amides is 1. The van der Waals surface area contributed by atoms with Crippen molar-refractivity contribution in [1.29, 1.82) is 0 Å². The second kappa shape index (κ2) is 8.83. The number of piperidine rings is 1. The van der Waals surface area contributed by atoms with Crippen molar-refractivity contribution in [3.8, 4) is 0 Å². The van der Waals surface area contributed by atoms with Gasteiger partial charge in [-0.05, 0) is 31.0 Å². The molecule has 0 aromatic heterocycles. The zero-order valence-corrected chi connectivity index (χ0v) is 14.9. The maximum Gasteiger partial charge on any atom is 0.411 e. The smallest absolute Gasteiger partial charge is 0.370 e. The van der Waals surface area contributed by atoms with Crippen LogP contribution in [0.1, 0.15) is 29.6 Å². The number of rotatable bonds is 7. The number of ether oxygens (including phenoxy) is 1. The number of nitrogens with zero attached hydrogens (tertiary/aromatic N) is 1. The van der Waals surface area contributed by atoms with Crippen molar-refractivity contribution >= 4 is 15.9 Å². The summed E-state index contributed by atoms with van der Waals surface area (Å²) >= 11 is 0. The van der Waals surface area contributed by atoms with Crippen molar-refractivity contribution in [3.05, 3.63) is 29.8 Å². The Morgan fingerprint density at radius 1 is 1.19 bits per heavy atom. The molecule has 26 heavy (non-hydrogen) atoms. The van der Waals surface area contributed by atoms with Gasteiger partial charge in [0.25, 0.3) is 5.91 Å². The molecule has 0 saturated carbocycles. The topological polar surface area (TPSA) is 75.7 Å². The van der Waals surface area contributed by atoms with Crippen molar-refractivity contribution in [2.75, 3.05) is 32.8 Å². The summed E-state index contributed by atoms with van der Waals surface area (Å²) in [7, 11) is -3.66. The minimum Gasteiger partial charge on any atom is -0.370 e. The standard InChI is InChI=1S/C16H21F3N2O4S/c17-16(18,19)12-25-10-7-20-15(22)13-5-4-6-14(11-13)26(23,24)21-8-2-1-3-9-21/h4-6,11H,1-3,7-10,12H2,(H,20,22). The van der Waals surface area contributed by atoms with E-state index in [2.05, 4.69) is 10.1 Å². The van der Waals surface area contributed by atoms with Crippen molar-refractivity contribution in [2.24, 2.45) is 0 Å². The number of hydrogen-bond acceptors (Lipinski definition) is 4. The van der Waals surface area contributed by atoms with Crippen LogP contribution in [0.15, 0.2) is 29.2 Å². The SMILES string of the molecule is O=C(NCCOCC(F)(F)F)c1cccc(S(=O)(=O)N2CCCCC2)c1. The van der Waals surface area contributed by atoms with Crippen LogP contribution in [0.3, 0.4) is 0 Å². The van der Waals surface area contributed by atoms with Gasteiger partial charge in [0.05, 0.1) is 11.5 Å². The zero-order valence-electron chi connectivity index (χ0n) is 14.1. The van der Waals surface area contributed by atoms with Crippen LogP contribution in [-0.2, 0) is 14.8 Å². The largest absolute Gasteiger partial charge is 0.411 e. The summed E-state index contributed by atoms with van der Waals surface area (Å²) in [5.74, 6) is -0.573. The lowest BCUT2D eigenvalue weighted by Crippen LogP contribution is -2.35. The first-order valence-electron chi connectivity index (χ1n) is 8.23. The lowest BCUT2D eigenvalue weighted by molar-refractivity contribution is -0.173. The van der Waals surface area contributed by atoms with E-state index in [9.17, 15) is 26.4 Å². The molecule has 1 aliphatic rings. The molecule has 0 aliphatic carbocycles. The van der Waals surface area contributed by atoms with E-state index in [1.807, 2.05) is 0 Å². The van der Waals surface area contributed by atoms with Crippen LogP contribution in [0, 0.1) is 0 Å². The maximum absolute atomic E-state index is 12.6. The van der Waals surface area contributed by atoms with Crippen molar-refractivity contribution in [1.82, 2.24) is 9.62 Å². The molecule has 10 heteroatoms. The highest BCUT2D eigenvalue weighted by molar-refractivity contribution is 7.89. The second-order valence-electron chi connectivity index (χ2n) is 5.92. The minimum absolute atomic E-state index is 0.0281. The van der Waals surface area contributed by atoms with Gasteiger partial charge in [-0.2, -0.15) is 17.5 Å². The van der Waals surface area contributed by atoms with E-state index in [1.165, 1.54) is 28.6 Å². The lowest BCUT2D eigenvalue weighted by Gasteiger charge is -2.26. The fourth-order valence-electron chi connectivity index (χ4n) is 2.58. The van der Waals surface area contributed by atoms with Crippen LogP contribution in [0.4, 0.5) is 13.2 Å². The average molecular weight is 394 g/mol. The number of carbonyl (C=O) groups excluding carboxylic acids is 1. The summed E-state index contributed by atoms with van der Waals surface area (Å²) in [5.41, 5.74) is 0.124. The lowest BCUT2D eigenvalue weighted by atomic mass is 10.2. The molecule has 1 fully saturated rings. The molecule has 1 saturated heterocycles. The van der Waals surface area contributed by atoms with Gasteiger partial charge in [0, 0.05) is 25.2 Å². The Morgan fingerprint density at radius 2 is 1.88 bits per heavy atom. The molecule has 6 nitrogen and oxygen atoms in total. The van der Waals surface area contributed by atoms with Crippen LogP contribution < -0.4 is 5.32 Å². The van der Waals surface area contributed by atoms with E-state index >= 15 is 0 Å². The number of halogens is 3. The molecule has 1 aromatic carbocycles. The molecule has 1 aliphatic heterocycles. The van der Waals surface area contributed by atoms with Crippen molar-refractivity contribution in [3.63, 3.8) is 0 Å². The third-order valence-corrected chi connectivity index (χ3v) is 5.74. The van der Waals surface area contributed by atoms with Gasteiger partial charge in [0.1, 0.15) is 6.61 Å². The Hall–Kier alpha value is -1.65. The first-order chi connectivity index (χ1) is 12.2. The van der Waals surface area contributed by atoms with Gasteiger partial charge in [-0.15, -0.1) is 0 Å². The number of sulfonamides is 1. The minimum atomic E-state index is -4.42. The molecule has 1 N–H and O–H groups in total. The molecule has 0 bridgehead atoms. The van der Waals surface area contributed by atoms with E-state index in [0.717, 1.165) is 19.3 Å². The first-order valence-corrected chi connectivity index (χ1v) is 9.67. The molecule has 1 heterocycles. The van der Waals surface area contributed by atoms with Crippen LogP contribution in [-0.4, -0.2) is 57.7 Å². The van der Waals surface area contributed by atoms with Gasteiger partial charge >= 0.3 is 6.18 Å². The summed E-state index contributed by atoms with van der Waals surface area (Å²) in [4.78, 5) is 12.1. The molecule has 1 aromatic rings. The highest BCUT2D eigenvalue weighted by Gasteiger charge is 2.27. The van der Waals surface area contributed by atoms with Gasteiger partial charge in [-0.1, -0.05) is 12.5 Å². The molecular weight excluding hydrogens is 373 g/mol. The number of benzene rings is 1. The highest BCUT2D eigenvalue weighted by Crippen LogP contribution is 2.21. The van der Waals surface area contributed by atoms with E-state index in [0.29, 0.717) is 13.1 Å². The van der Waals surface area contributed by atoms with Crippen LogP contribution in [0.5, 0.6) is 0 Å². The normalized spacial score (nSPS) is 16.4. The Labute approximate surface area is 150 Å². The maximum atomic E-state index is 12.6. The number of hydrogen-bond donors (Lipinski definition) is 1. The summed E-state index contributed by atoms with van der Waals surface area (Å²) in [6.07, 6.45) is -1.82. The van der Waals surface area contributed by atoms with Gasteiger partial charge in [0.15, 0.2) is 0 Å². The predicted octanol–water partition coefficient (Wildman–Crippen LogP) is 2.17. The van der Waals surface area contributed by atoms with Crippen molar-refractivity contribution < 1.29 is 31.1 Å². The van der Waals surface area contributed by atoms with Gasteiger partial charge in [0.2, 0.25) is 10.0 Å². The predicted molar refractivity (Wildman–Crippen MR) is 88.3 cm³/mol. The third kappa shape index (κ3) is 5.96. The van der Waals surface area contributed by atoms with Crippen molar-refractivity contribution in [2.45, 2.75) is 30.3 Å². The Balaban J connectivity index is 1.94. The number of carbonyl (C=O) groups is 1. The second-order valence-corrected chi connectivity index (χ2v) is 7.85. The van der Waals surface area contributed by atoms with E-state index in [1.54, 1.807) is 0 Å². The molecule has 0 unspecified atom stereocenters. The summed E-state index contributed by atoms with van der Waals surface area (Å²) in [6.45, 7) is -0.883. The quantitative estimate of drug-likeness (QED) is 0.720. The molecular formula is C16H21F3N2O4S. The fraction of sp³-hybridized carbons (Fsp3) is 0.562. The van der Waals surface area contributed by atoms with E-state index < -0.39 is 28.7 Å². The summed E-state index contributed by atoms with van der Waals surface area (Å²) < 4.78 is 66.9. The number of alkyl halides is 3. The van der Waals surface area contributed by atoms with E-state index in [4.69, 9.17) is 0 Å². The monoisotopic (exact) mass is 394 g/mol. The summed E-state index contributed by atoms with van der Waals surface area (Å²) in [6, 6.07) is 5.61. The molecule has 0 atom stereocenters. The Morgan fingerprint density at radius 3 is 2.54 bits per heavy atom. The van der Waals surface area contributed by atoms with Gasteiger partial charge < -0.3 is 10.1 Å².